The molecule has 3 aromatic carbocycles. The first-order chi connectivity index (χ1) is 19.2. The number of furan rings is 1. The van der Waals surface area contributed by atoms with Crippen molar-refractivity contribution in [2.24, 2.45) is 0 Å². The summed E-state index contributed by atoms with van der Waals surface area (Å²) in [5.74, 6) is -0.712. The van der Waals surface area contributed by atoms with E-state index in [2.05, 4.69) is 5.32 Å². The van der Waals surface area contributed by atoms with Gasteiger partial charge in [0.05, 0.1) is 18.4 Å². The van der Waals surface area contributed by atoms with Crippen molar-refractivity contribution in [2.45, 2.75) is 39.2 Å². The molecule has 1 atom stereocenters. The molecule has 0 saturated carbocycles. The van der Waals surface area contributed by atoms with Gasteiger partial charge in [0.2, 0.25) is 0 Å². The van der Waals surface area contributed by atoms with Gasteiger partial charge in [0.25, 0.3) is 11.7 Å². The molecule has 1 aliphatic heterocycles. The van der Waals surface area contributed by atoms with Gasteiger partial charge < -0.3 is 19.6 Å². The van der Waals surface area contributed by atoms with Gasteiger partial charge in [0.15, 0.2) is 0 Å². The highest BCUT2D eigenvalue weighted by Crippen LogP contribution is 2.43. The van der Waals surface area contributed by atoms with E-state index >= 15 is 0 Å². The number of ketones is 1. The first-order valence-electron chi connectivity index (χ1n) is 13.2. The molecule has 4 aromatic rings. The molecular weight excluding hydrogens is 504 g/mol. The average molecular weight is 537 g/mol. The van der Waals surface area contributed by atoms with Crippen LogP contribution in [-0.2, 0) is 15.0 Å². The number of Topliss-reactive ketones (excluding diaryl/α,β-unsaturated/α-hetero) is 1. The van der Waals surface area contributed by atoms with Crippen molar-refractivity contribution in [3.05, 3.63) is 114 Å². The second-order valence-corrected chi connectivity index (χ2v) is 10.6. The van der Waals surface area contributed by atoms with E-state index in [1.165, 1.54) is 11.2 Å². The van der Waals surface area contributed by atoms with Gasteiger partial charge in [-0.1, -0.05) is 39.0 Å². The third-order valence-electron chi connectivity index (χ3n) is 6.83. The molecule has 5 rings (SSSR count). The zero-order chi connectivity index (χ0) is 28.4. The number of benzene rings is 3. The summed E-state index contributed by atoms with van der Waals surface area (Å²) in [6.07, 6.45) is 1.48. The van der Waals surface area contributed by atoms with Crippen LogP contribution in [0.25, 0.3) is 5.76 Å². The van der Waals surface area contributed by atoms with E-state index in [0.29, 0.717) is 29.4 Å². The SMILES string of the molecule is CCOc1ccc(/C(O)=C2/C(=O)C(=O)N(c3ccc(Nc4ccccc4)cc3)C2c2ccco2)cc1C(C)(C)C. The Morgan fingerprint density at radius 2 is 1.65 bits per heavy atom. The first kappa shape index (κ1) is 26.8. The van der Waals surface area contributed by atoms with Gasteiger partial charge >= 0.3 is 0 Å². The molecule has 40 heavy (non-hydrogen) atoms. The lowest BCUT2D eigenvalue weighted by Gasteiger charge is -2.25. The lowest BCUT2D eigenvalue weighted by atomic mass is 9.84. The number of anilines is 3. The normalized spacial score (nSPS) is 16.8. The van der Waals surface area contributed by atoms with Crippen LogP contribution in [0.15, 0.2) is 101 Å². The lowest BCUT2D eigenvalue weighted by Crippen LogP contribution is -2.29. The van der Waals surface area contributed by atoms with E-state index in [0.717, 1.165) is 16.9 Å². The van der Waals surface area contributed by atoms with Crippen molar-refractivity contribution >= 4 is 34.5 Å². The van der Waals surface area contributed by atoms with Crippen LogP contribution in [-0.4, -0.2) is 23.4 Å². The Labute approximate surface area is 233 Å². The molecule has 2 N–H and O–H groups in total. The van der Waals surface area contributed by atoms with Gasteiger partial charge in [0.1, 0.15) is 23.3 Å². The predicted octanol–water partition coefficient (Wildman–Crippen LogP) is 7.35. The maximum atomic E-state index is 13.5. The Bertz CT molecular complexity index is 1550. The minimum Gasteiger partial charge on any atom is -0.507 e. The van der Waals surface area contributed by atoms with Crippen LogP contribution >= 0.6 is 0 Å². The van der Waals surface area contributed by atoms with Crippen LogP contribution in [0.3, 0.4) is 0 Å². The summed E-state index contributed by atoms with van der Waals surface area (Å²) in [6, 6.07) is 24.7. The molecule has 1 fully saturated rings. The number of hydrogen-bond acceptors (Lipinski definition) is 6. The van der Waals surface area contributed by atoms with Crippen molar-refractivity contribution in [1.29, 1.82) is 0 Å². The Kier molecular flexibility index (Phi) is 7.22. The lowest BCUT2D eigenvalue weighted by molar-refractivity contribution is -0.132. The summed E-state index contributed by atoms with van der Waals surface area (Å²) in [4.78, 5) is 28.3. The minimum atomic E-state index is -0.937. The molecule has 204 valence electrons. The molecule has 7 nitrogen and oxygen atoms in total. The van der Waals surface area contributed by atoms with Crippen LogP contribution < -0.4 is 15.0 Å². The Hall–Kier alpha value is -4.78. The van der Waals surface area contributed by atoms with E-state index < -0.39 is 17.7 Å². The van der Waals surface area contributed by atoms with Gasteiger partial charge in [-0.05, 0) is 79.1 Å². The highest BCUT2D eigenvalue weighted by molar-refractivity contribution is 6.51. The number of para-hydroxylation sites is 1. The molecule has 1 saturated heterocycles. The summed E-state index contributed by atoms with van der Waals surface area (Å²) in [6.45, 7) is 8.55. The Morgan fingerprint density at radius 3 is 2.27 bits per heavy atom. The number of ether oxygens (including phenoxy) is 1. The molecule has 1 unspecified atom stereocenters. The van der Waals surface area contributed by atoms with E-state index in [9.17, 15) is 14.7 Å². The number of rotatable bonds is 7. The largest absolute Gasteiger partial charge is 0.507 e. The molecule has 1 amide bonds. The van der Waals surface area contributed by atoms with Crippen LogP contribution in [0.5, 0.6) is 5.75 Å². The Morgan fingerprint density at radius 1 is 0.950 bits per heavy atom. The second kappa shape index (κ2) is 10.8. The number of hydrogen-bond donors (Lipinski definition) is 2. The first-order valence-corrected chi connectivity index (χ1v) is 13.2. The fraction of sp³-hybridized carbons (Fsp3) is 0.212. The van der Waals surface area contributed by atoms with Crippen molar-refractivity contribution in [3.63, 3.8) is 0 Å². The molecule has 1 aromatic heterocycles. The van der Waals surface area contributed by atoms with Crippen LogP contribution in [0.4, 0.5) is 17.1 Å². The number of carbonyl (C=O) groups excluding carboxylic acids is 2. The van der Waals surface area contributed by atoms with Crippen molar-refractivity contribution in [1.82, 2.24) is 0 Å². The van der Waals surface area contributed by atoms with Gasteiger partial charge in [-0.25, -0.2) is 0 Å². The fourth-order valence-electron chi connectivity index (χ4n) is 4.91. The summed E-state index contributed by atoms with van der Waals surface area (Å²) >= 11 is 0. The zero-order valence-electron chi connectivity index (χ0n) is 23.0. The van der Waals surface area contributed by atoms with Crippen molar-refractivity contribution in [2.75, 3.05) is 16.8 Å². The number of nitrogens with one attached hydrogen (secondary N) is 1. The van der Waals surface area contributed by atoms with Crippen LogP contribution in [0.2, 0.25) is 0 Å². The molecule has 7 heteroatoms. The van der Waals surface area contributed by atoms with Crippen molar-refractivity contribution in [3.8, 4) is 5.75 Å². The minimum absolute atomic E-state index is 0.0320. The smallest absolute Gasteiger partial charge is 0.300 e. The summed E-state index contributed by atoms with van der Waals surface area (Å²) < 4.78 is 11.5. The molecule has 0 radical (unpaired) electrons. The number of aliphatic hydroxyl groups is 1. The van der Waals surface area contributed by atoms with Gasteiger partial charge in [-0.15, -0.1) is 0 Å². The monoisotopic (exact) mass is 536 g/mol. The third kappa shape index (κ3) is 5.10. The molecule has 2 heterocycles. The topological polar surface area (TPSA) is 92.0 Å². The van der Waals surface area contributed by atoms with Gasteiger partial charge in [-0.3, -0.25) is 14.5 Å². The summed E-state index contributed by atoms with van der Waals surface area (Å²) in [5.41, 5.74) is 3.23. The number of aliphatic hydroxyl groups excluding tert-OH is 1. The van der Waals surface area contributed by atoms with Gasteiger partial charge in [-0.2, -0.15) is 0 Å². The highest BCUT2D eigenvalue weighted by atomic mass is 16.5. The Balaban J connectivity index is 1.58. The van der Waals surface area contributed by atoms with E-state index in [1.54, 1.807) is 36.4 Å². The summed E-state index contributed by atoms with van der Waals surface area (Å²) in [7, 11) is 0. The molecule has 0 aliphatic carbocycles. The maximum Gasteiger partial charge on any atom is 0.300 e. The van der Waals surface area contributed by atoms with Crippen LogP contribution in [0, 0.1) is 0 Å². The molecule has 0 bridgehead atoms. The number of amides is 1. The predicted molar refractivity (Wildman–Crippen MR) is 156 cm³/mol. The standard InChI is InChI=1S/C33H32N2O5/c1-5-39-26-18-13-21(20-25(26)33(2,3)4)30(36)28-29(27-12-9-19-40-27)35(32(38)31(28)37)24-16-14-23(15-17-24)34-22-10-7-6-8-11-22/h6-20,29,34,36H,5H2,1-4H3/b30-28-. The molecular formula is C33H32N2O5. The number of nitrogens with zero attached hydrogens (tertiary/aromatic N) is 1. The van der Waals surface area contributed by atoms with Crippen molar-refractivity contribution < 1.29 is 23.8 Å². The van der Waals surface area contributed by atoms with E-state index in [1.807, 2.05) is 76.2 Å². The second-order valence-electron chi connectivity index (χ2n) is 10.6. The number of carbonyl (C=O) groups is 2. The zero-order valence-corrected chi connectivity index (χ0v) is 23.0. The fourth-order valence-corrected chi connectivity index (χ4v) is 4.91. The van der Waals surface area contributed by atoms with Gasteiger partial charge in [0, 0.05) is 28.2 Å². The third-order valence-corrected chi connectivity index (χ3v) is 6.83. The van der Waals surface area contributed by atoms with E-state index in [4.69, 9.17) is 9.15 Å². The van der Waals surface area contributed by atoms with Crippen LogP contribution in [0.1, 0.15) is 50.6 Å². The molecule has 1 aliphatic rings. The average Bonchev–Trinajstić information content (AvgIpc) is 3.56. The van der Waals surface area contributed by atoms with E-state index in [-0.39, 0.29) is 16.7 Å². The maximum absolute atomic E-state index is 13.5. The summed E-state index contributed by atoms with van der Waals surface area (Å²) in [5, 5.41) is 14.9. The highest BCUT2D eigenvalue weighted by Gasteiger charge is 2.48. The molecule has 0 spiro atoms. The quantitative estimate of drug-likeness (QED) is 0.146.